The molecule has 13 heteroatoms. The van der Waals surface area contributed by atoms with Crippen molar-refractivity contribution in [1.82, 2.24) is 15.1 Å². The maximum absolute atomic E-state index is 15.5. The molecular weight excluding hydrogens is 725 g/mol. The first-order valence-electron chi connectivity index (χ1n) is 19.2. The highest BCUT2D eigenvalue weighted by Gasteiger charge is 2.39. The van der Waals surface area contributed by atoms with Crippen LogP contribution in [0.4, 0.5) is 18.9 Å². The van der Waals surface area contributed by atoms with E-state index in [0.29, 0.717) is 47.6 Å². The molecule has 3 unspecified atom stereocenters. The topological polar surface area (TPSA) is 112 Å². The van der Waals surface area contributed by atoms with Crippen molar-refractivity contribution < 1.29 is 42.1 Å². The lowest BCUT2D eigenvalue weighted by molar-refractivity contribution is -0.136. The smallest absolute Gasteiger partial charge is 0.255 e. The molecule has 4 heterocycles. The zero-order valence-electron chi connectivity index (χ0n) is 30.8. The highest BCUT2D eigenvalue weighted by Crippen LogP contribution is 2.47. The van der Waals surface area contributed by atoms with E-state index in [9.17, 15) is 28.3 Å². The molecule has 4 aliphatic rings. The van der Waals surface area contributed by atoms with Gasteiger partial charge in [-0.2, -0.15) is 0 Å². The predicted molar refractivity (Wildman–Crippen MR) is 201 cm³/mol. The molecule has 0 radical (unpaired) electrons. The zero-order chi connectivity index (χ0) is 38.9. The van der Waals surface area contributed by atoms with Gasteiger partial charge < -0.3 is 24.4 Å². The van der Waals surface area contributed by atoms with Crippen molar-refractivity contribution in [1.29, 1.82) is 0 Å². The van der Waals surface area contributed by atoms with Crippen LogP contribution in [0.15, 0.2) is 72.8 Å². The number of phenols is 1. The van der Waals surface area contributed by atoms with Gasteiger partial charge in [0.15, 0.2) is 23.2 Å². The van der Waals surface area contributed by atoms with Gasteiger partial charge in [0, 0.05) is 73.9 Å². The van der Waals surface area contributed by atoms with Gasteiger partial charge >= 0.3 is 0 Å². The number of piperidine rings is 1. The number of benzene rings is 4. The van der Waals surface area contributed by atoms with E-state index in [2.05, 4.69) is 21.2 Å². The number of hydrogen-bond acceptors (Lipinski definition) is 8. The number of piperazine rings is 1. The van der Waals surface area contributed by atoms with Crippen LogP contribution in [0.5, 0.6) is 17.2 Å². The fourth-order valence-corrected chi connectivity index (χ4v) is 8.45. The van der Waals surface area contributed by atoms with E-state index in [4.69, 9.17) is 9.47 Å². The van der Waals surface area contributed by atoms with Crippen LogP contribution >= 0.6 is 0 Å². The number of carbonyl (C=O) groups excluding carboxylic acids is 3. The van der Waals surface area contributed by atoms with Crippen LogP contribution in [0, 0.1) is 17.5 Å². The first-order valence-corrected chi connectivity index (χ1v) is 19.2. The molecule has 8 rings (SSSR count). The molecule has 2 fully saturated rings. The van der Waals surface area contributed by atoms with Crippen LogP contribution in [0.1, 0.15) is 76.6 Å². The SMILES string of the molecule is O=C1CCC(N2Cc3cc(N4CCN(CCCCCOc5ccc(C6c7ccc(O)cc7OCC6c6ccc(F)c(F)c6)cc5F)CC4)ccc3C2=O)C(=O)N1. The molecule has 0 saturated carbocycles. The summed E-state index contributed by atoms with van der Waals surface area (Å²) in [5.74, 6) is -3.55. The maximum atomic E-state index is 15.5. The Morgan fingerprint density at radius 3 is 2.41 bits per heavy atom. The third kappa shape index (κ3) is 7.64. The van der Waals surface area contributed by atoms with Gasteiger partial charge in [-0.3, -0.25) is 24.6 Å². The summed E-state index contributed by atoms with van der Waals surface area (Å²) in [6.07, 6.45) is 3.23. The highest BCUT2D eigenvalue weighted by molar-refractivity contribution is 6.05. The van der Waals surface area contributed by atoms with Crippen LogP contribution in [-0.2, 0) is 16.1 Å². The van der Waals surface area contributed by atoms with Crippen LogP contribution in [0.2, 0.25) is 0 Å². The fraction of sp³-hybridized carbons (Fsp3) is 0.372. The molecule has 0 spiro atoms. The molecule has 4 aromatic rings. The van der Waals surface area contributed by atoms with Crippen molar-refractivity contribution in [3.05, 3.63) is 118 Å². The van der Waals surface area contributed by atoms with Crippen molar-refractivity contribution >= 4 is 23.4 Å². The molecule has 0 aromatic heterocycles. The Hall–Kier alpha value is -5.56. The van der Waals surface area contributed by atoms with E-state index in [1.807, 2.05) is 12.1 Å². The van der Waals surface area contributed by atoms with Crippen LogP contribution in [-0.4, -0.2) is 84.6 Å². The minimum Gasteiger partial charge on any atom is -0.508 e. The molecule has 292 valence electrons. The number of imide groups is 1. The number of amides is 3. The summed E-state index contributed by atoms with van der Waals surface area (Å²) in [6, 6.07) is 18.5. The van der Waals surface area contributed by atoms with Gasteiger partial charge in [0.05, 0.1) is 13.2 Å². The number of phenolic OH excluding ortho intramolecular Hbond substituents is 1. The number of halogens is 3. The summed E-state index contributed by atoms with van der Waals surface area (Å²) in [4.78, 5) is 43.4. The third-order valence-electron chi connectivity index (χ3n) is 11.5. The third-order valence-corrected chi connectivity index (χ3v) is 11.5. The summed E-state index contributed by atoms with van der Waals surface area (Å²) >= 11 is 0. The Balaban J connectivity index is 0.799. The molecule has 10 nitrogen and oxygen atoms in total. The highest BCUT2D eigenvalue weighted by atomic mass is 19.2. The summed E-state index contributed by atoms with van der Waals surface area (Å²) in [7, 11) is 0. The fourth-order valence-electron chi connectivity index (χ4n) is 8.45. The van der Waals surface area contributed by atoms with Gasteiger partial charge in [-0.15, -0.1) is 0 Å². The minimum atomic E-state index is -0.967. The molecule has 0 aliphatic carbocycles. The minimum absolute atomic E-state index is 0.0290. The summed E-state index contributed by atoms with van der Waals surface area (Å²) in [6.45, 7) is 5.31. The Kier molecular flexibility index (Phi) is 10.6. The number of anilines is 1. The molecule has 4 aliphatic heterocycles. The van der Waals surface area contributed by atoms with Gasteiger partial charge in [0.2, 0.25) is 11.8 Å². The van der Waals surface area contributed by atoms with Gasteiger partial charge in [-0.25, -0.2) is 13.2 Å². The lowest BCUT2D eigenvalue weighted by atomic mass is 9.76. The number of nitrogens with one attached hydrogen (secondary N) is 1. The van der Waals surface area contributed by atoms with E-state index in [-0.39, 0.29) is 36.3 Å². The molecule has 2 N–H and O–H groups in total. The van der Waals surface area contributed by atoms with E-state index < -0.39 is 41.2 Å². The number of ether oxygens (including phenoxy) is 2. The largest absolute Gasteiger partial charge is 0.508 e. The molecule has 3 amide bonds. The van der Waals surface area contributed by atoms with Crippen molar-refractivity contribution in [2.75, 3.05) is 50.8 Å². The van der Waals surface area contributed by atoms with Crippen molar-refractivity contribution in [3.8, 4) is 17.2 Å². The maximum Gasteiger partial charge on any atom is 0.255 e. The van der Waals surface area contributed by atoms with Gasteiger partial charge in [0.25, 0.3) is 5.91 Å². The summed E-state index contributed by atoms with van der Waals surface area (Å²) < 4.78 is 55.3. The number of nitrogens with zero attached hydrogens (tertiary/aromatic N) is 3. The van der Waals surface area contributed by atoms with E-state index in [1.165, 1.54) is 24.3 Å². The average Bonchev–Trinajstić information content (AvgIpc) is 3.52. The van der Waals surface area contributed by atoms with Crippen LogP contribution in [0.3, 0.4) is 0 Å². The number of unbranched alkanes of at least 4 members (excludes halogenated alkanes) is 2. The zero-order valence-corrected chi connectivity index (χ0v) is 30.8. The molecule has 0 bridgehead atoms. The van der Waals surface area contributed by atoms with Crippen molar-refractivity contribution in [2.45, 2.75) is 56.5 Å². The number of hydrogen-bond donors (Lipinski definition) is 2. The second-order valence-electron chi connectivity index (χ2n) is 15.0. The van der Waals surface area contributed by atoms with Crippen LogP contribution in [0.25, 0.3) is 0 Å². The van der Waals surface area contributed by atoms with Crippen molar-refractivity contribution in [3.63, 3.8) is 0 Å². The first-order chi connectivity index (χ1) is 27.1. The standard InChI is InChI=1S/C43H43F3N4O6/c44-34-10-4-26(21-35(34)45)33-25-56-39-23-30(51)7-9-32(39)41(33)27-5-12-38(36(46)22-27)55-19-3-1-2-14-48-15-17-49(18-16-48)29-6-8-31-28(20-29)24-50(43(31)54)37-11-13-40(52)47-42(37)53/h4-10,12,20-23,33,37,41,51H,1-3,11,13-19,24-25H2,(H,47,52,53). The summed E-state index contributed by atoms with van der Waals surface area (Å²) in [5, 5.41) is 12.4. The van der Waals surface area contributed by atoms with E-state index in [0.717, 1.165) is 75.4 Å². The van der Waals surface area contributed by atoms with E-state index in [1.54, 1.807) is 23.1 Å². The van der Waals surface area contributed by atoms with Gasteiger partial charge in [-0.05, 0) is 97.4 Å². The normalized spacial score (nSPS) is 21.1. The molecule has 2 saturated heterocycles. The Morgan fingerprint density at radius 1 is 0.821 bits per heavy atom. The predicted octanol–water partition coefficient (Wildman–Crippen LogP) is 6.25. The molecular formula is C43H43F3N4O6. The molecule has 3 atom stereocenters. The lowest BCUT2D eigenvalue weighted by Gasteiger charge is -2.36. The second kappa shape index (κ2) is 15.9. The second-order valence-corrected chi connectivity index (χ2v) is 15.0. The first kappa shape index (κ1) is 37.4. The molecule has 4 aromatic carbocycles. The van der Waals surface area contributed by atoms with Gasteiger partial charge in [0.1, 0.15) is 17.5 Å². The van der Waals surface area contributed by atoms with Crippen LogP contribution < -0.4 is 19.7 Å². The average molecular weight is 769 g/mol. The number of fused-ring (bicyclic) bond motifs is 2. The number of carbonyl (C=O) groups is 3. The Bertz CT molecular complexity index is 2160. The molecule has 56 heavy (non-hydrogen) atoms. The Morgan fingerprint density at radius 2 is 1.62 bits per heavy atom. The summed E-state index contributed by atoms with van der Waals surface area (Å²) in [5.41, 5.74) is 4.43. The monoisotopic (exact) mass is 768 g/mol. The Labute approximate surface area is 322 Å². The van der Waals surface area contributed by atoms with Gasteiger partial charge in [-0.1, -0.05) is 18.2 Å². The lowest BCUT2D eigenvalue weighted by Crippen LogP contribution is -2.52. The number of aromatic hydroxyl groups is 1. The number of rotatable bonds is 11. The van der Waals surface area contributed by atoms with E-state index >= 15 is 4.39 Å². The van der Waals surface area contributed by atoms with Crippen molar-refractivity contribution in [2.24, 2.45) is 0 Å². The quantitative estimate of drug-likeness (QED) is 0.136.